The molecule has 0 unspecified atom stereocenters. The second kappa shape index (κ2) is 6.24. The summed E-state index contributed by atoms with van der Waals surface area (Å²) in [5.41, 5.74) is 2.16. The highest BCUT2D eigenvalue weighted by molar-refractivity contribution is 7.14. The second-order valence-corrected chi connectivity index (χ2v) is 5.41. The summed E-state index contributed by atoms with van der Waals surface area (Å²) in [5, 5.41) is 3.19. The lowest BCUT2D eigenvalue weighted by atomic mass is 10.2. The highest BCUT2D eigenvalue weighted by Gasteiger charge is 2.15. The SMILES string of the molecule is CCOc1ccc(-c2csc(N3CCOCC3)n2)cc1. The van der Waals surface area contributed by atoms with E-state index in [2.05, 4.69) is 22.4 Å². The second-order valence-electron chi connectivity index (χ2n) is 4.57. The monoisotopic (exact) mass is 290 g/mol. The van der Waals surface area contributed by atoms with Crippen LogP contribution in [0.25, 0.3) is 11.3 Å². The predicted molar refractivity (Wildman–Crippen MR) is 81.8 cm³/mol. The highest BCUT2D eigenvalue weighted by Crippen LogP contribution is 2.28. The lowest BCUT2D eigenvalue weighted by Crippen LogP contribution is -2.36. The van der Waals surface area contributed by atoms with E-state index in [0.29, 0.717) is 6.61 Å². The molecule has 1 saturated heterocycles. The topological polar surface area (TPSA) is 34.6 Å². The van der Waals surface area contributed by atoms with Gasteiger partial charge in [0.25, 0.3) is 0 Å². The minimum absolute atomic E-state index is 0.692. The quantitative estimate of drug-likeness (QED) is 0.867. The molecule has 0 radical (unpaired) electrons. The number of benzene rings is 1. The largest absolute Gasteiger partial charge is 0.494 e. The number of ether oxygens (including phenoxy) is 2. The third kappa shape index (κ3) is 2.94. The zero-order valence-electron chi connectivity index (χ0n) is 11.5. The lowest BCUT2D eigenvalue weighted by molar-refractivity contribution is 0.122. The van der Waals surface area contributed by atoms with Crippen LogP contribution in [0, 0.1) is 0 Å². The average Bonchev–Trinajstić information content (AvgIpc) is 2.99. The number of hydrogen-bond acceptors (Lipinski definition) is 5. The van der Waals surface area contributed by atoms with Gasteiger partial charge in [0, 0.05) is 24.0 Å². The van der Waals surface area contributed by atoms with Crippen LogP contribution in [-0.4, -0.2) is 37.9 Å². The van der Waals surface area contributed by atoms with Crippen molar-refractivity contribution < 1.29 is 9.47 Å². The van der Waals surface area contributed by atoms with Crippen LogP contribution in [-0.2, 0) is 4.74 Å². The van der Waals surface area contributed by atoms with Gasteiger partial charge in [-0.15, -0.1) is 11.3 Å². The molecular formula is C15H18N2O2S. The van der Waals surface area contributed by atoms with E-state index in [9.17, 15) is 0 Å². The van der Waals surface area contributed by atoms with Crippen LogP contribution in [0.2, 0.25) is 0 Å². The fraction of sp³-hybridized carbons (Fsp3) is 0.400. The Bertz CT molecular complexity index is 547. The molecule has 1 fully saturated rings. The van der Waals surface area contributed by atoms with E-state index in [4.69, 9.17) is 14.5 Å². The number of hydrogen-bond donors (Lipinski definition) is 0. The van der Waals surface area contributed by atoms with Crippen LogP contribution in [0.4, 0.5) is 5.13 Å². The number of aromatic nitrogens is 1. The Morgan fingerprint density at radius 3 is 2.70 bits per heavy atom. The van der Waals surface area contributed by atoms with Crippen molar-refractivity contribution in [3.63, 3.8) is 0 Å². The van der Waals surface area contributed by atoms with E-state index in [1.807, 2.05) is 19.1 Å². The van der Waals surface area contributed by atoms with Crippen LogP contribution >= 0.6 is 11.3 Å². The molecule has 1 aliphatic rings. The van der Waals surface area contributed by atoms with Crippen molar-refractivity contribution in [2.75, 3.05) is 37.8 Å². The van der Waals surface area contributed by atoms with Crippen molar-refractivity contribution >= 4 is 16.5 Å². The number of thiazole rings is 1. The Morgan fingerprint density at radius 2 is 2.00 bits per heavy atom. The molecule has 0 saturated carbocycles. The summed E-state index contributed by atoms with van der Waals surface area (Å²) in [7, 11) is 0. The van der Waals surface area contributed by atoms with Gasteiger partial charge in [-0.05, 0) is 31.2 Å². The van der Waals surface area contributed by atoms with Crippen LogP contribution in [0.15, 0.2) is 29.6 Å². The summed E-state index contributed by atoms with van der Waals surface area (Å²) in [6.45, 7) is 6.11. The predicted octanol–water partition coefficient (Wildman–Crippen LogP) is 3.05. The van der Waals surface area contributed by atoms with Gasteiger partial charge >= 0.3 is 0 Å². The molecule has 20 heavy (non-hydrogen) atoms. The molecule has 3 rings (SSSR count). The number of anilines is 1. The van der Waals surface area contributed by atoms with E-state index < -0.39 is 0 Å². The first-order chi connectivity index (χ1) is 9.86. The first-order valence-corrected chi connectivity index (χ1v) is 7.76. The first-order valence-electron chi connectivity index (χ1n) is 6.88. The molecule has 2 aromatic rings. The molecule has 5 heteroatoms. The third-order valence-electron chi connectivity index (χ3n) is 3.23. The maximum Gasteiger partial charge on any atom is 0.186 e. The molecule has 106 valence electrons. The Kier molecular flexibility index (Phi) is 4.18. The summed E-state index contributed by atoms with van der Waals surface area (Å²) in [6, 6.07) is 8.10. The first kappa shape index (κ1) is 13.4. The molecule has 4 nitrogen and oxygen atoms in total. The lowest BCUT2D eigenvalue weighted by Gasteiger charge is -2.26. The maximum absolute atomic E-state index is 5.46. The van der Waals surface area contributed by atoms with Crippen LogP contribution in [0.5, 0.6) is 5.75 Å². The van der Waals surface area contributed by atoms with E-state index in [1.54, 1.807) is 11.3 Å². The molecule has 1 aromatic heterocycles. The van der Waals surface area contributed by atoms with Gasteiger partial charge in [0.05, 0.1) is 25.5 Å². The van der Waals surface area contributed by atoms with Crippen LogP contribution in [0.1, 0.15) is 6.92 Å². The minimum Gasteiger partial charge on any atom is -0.494 e. The fourth-order valence-electron chi connectivity index (χ4n) is 2.19. The number of nitrogens with zero attached hydrogens (tertiary/aromatic N) is 2. The standard InChI is InChI=1S/C15H18N2O2S/c1-2-19-13-5-3-12(4-6-13)14-11-20-15(16-14)17-7-9-18-10-8-17/h3-6,11H,2,7-10H2,1H3. The summed E-state index contributed by atoms with van der Waals surface area (Å²) in [5.74, 6) is 0.903. The molecule has 0 bridgehead atoms. The number of rotatable bonds is 4. The molecule has 1 aromatic carbocycles. The van der Waals surface area contributed by atoms with Crippen LogP contribution in [0.3, 0.4) is 0 Å². The molecule has 0 spiro atoms. The Balaban J connectivity index is 1.75. The Labute approximate surface area is 123 Å². The number of morpholine rings is 1. The van der Waals surface area contributed by atoms with Crippen LogP contribution < -0.4 is 9.64 Å². The average molecular weight is 290 g/mol. The zero-order chi connectivity index (χ0) is 13.8. The van der Waals surface area contributed by atoms with E-state index >= 15 is 0 Å². The molecule has 0 aliphatic carbocycles. The van der Waals surface area contributed by atoms with Crippen molar-refractivity contribution in [2.24, 2.45) is 0 Å². The van der Waals surface area contributed by atoms with E-state index in [-0.39, 0.29) is 0 Å². The van der Waals surface area contributed by atoms with Gasteiger partial charge < -0.3 is 14.4 Å². The smallest absolute Gasteiger partial charge is 0.186 e. The molecule has 0 N–H and O–H groups in total. The highest BCUT2D eigenvalue weighted by atomic mass is 32.1. The van der Waals surface area contributed by atoms with Crippen molar-refractivity contribution in [2.45, 2.75) is 6.92 Å². The summed E-state index contributed by atoms with van der Waals surface area (Å²) < 4.78 is 10.8. The summed E-state index contributed by atoms with van der Waals surface area (Å²) in [4.78, 5) is 7.01. The Morgan fingerprint density at radius 1 is 1.25 bits per heavy atom. The minimum atomic E-state index is 0.692. The summed E-state index contributed by atoms with van der Waals surface area (Å²) >= 11 is 1.69. The molecule has 2 heterocycles. The molecular weight excluding hydrogens is 272 g/mol. The molecule has 1 aliphatic heterocycles. The fourth-order valence-corrected chi connectivity index (χ4v) is 3.07. The van der Waals surface area contributed by atoms with Gasteiger partial charge in [-0.25, -0.2) is 4.98 Å². The van der Waals surface area contributed by atoms with Gasteiger partial charge in [-0.2, -0.15) is 0 Å². The Hall–Kier alpha value is -1.59. The van der Waals surface area contributed by atoms with E-state index in [1.165, 1.54) is 0 Å². The van der Waals surface area contributed by atoms with Crippen molar-refractivity contribution in [1.29, 1.82) is 0 Å². The third-order valence-corrected chi connectivity index (χ3v) is 4.14. The summed E-state index contributed by atoms with van der Waals surface area (Å²) in [6.07, 6.45) is 0. The van der Waals surface area contributed by atoms with Gasteiger partial charge in [0.1, 0.15) is 5.75 Å². The zero-order valence-corrected chi connectivity index (χ0v) is 12.4. The van der Waals surface area contributed by atoms with Crippen molar-refractivity contribution in [3.05, 3.63) is 29.6 Å². The van der Waals surface area contributed by atoms with E-state index in [0.717, 1.165) is 48.4 Å². The molecule has 0 atom stereocenters. The molecule has 0 amide bonds. The van der Waals surface area contributed by atoms with Gasteiger partial charge in [-0.3, -0.25) is 0 Å². The van der Waals surface area contributed by atoms with Gasteiger partial charge in [0.15, 0.2) is 5.13 Å². The van der Waals surface area contributed by atoms with Crippen molar-refractivity contribution in [1.82, 2.24) is 4.98 Å². The maximum atomic E-state index is 5.46. The van der Waals surface area contributed by atoms with Gasteiger partial charge in [0.2, 0.25) is 0 Å². The van der Waals surface area contributed by atoms with Crippen molar-refractivity contribution in [3.8, 4) is 17.0 Å². The van der Waals surface area contributed by atoms with Gasteiger partial charge in [-0.1, -0.05) is 0 Å². The normalized spacial score (nSPS) is 15.3.